The van der Waals surface area contributed by atoms with Gasteiger partial charge < -0.3 is 10.7 Å². The minimum atomic E-state index is -0.303. The molecule has 5 N–H and O–H groups in total. The molecular weight excluding hydrogens is 222 g/mol. The van der Waals surface area contributed by atoms with Gasteiger partial charge in [-0.25, -0.2) is 5.84 Å². The Bertz CT molecular complexity index is 479. The Hall–Kier alpha value is -2.48. The maximum Gasteiger partial charge on any atom is 0.272 e. The van der Waals surface area contributed by atoms with Crippen molar-refractivity contribution in [1.82, 2.24) is 25.7 Å². The second-order valence-corrected chi connectivity index (χ2v) is 3.24. The lowest BCUT2D eigenvalue weighted by molar-refractivity contribution is 0.0945. The second kappa shape index (κ2) is 5.03. The Labute approximate surface area is 96.6 Å². The highest BCUT2D eigenvalue weighted by molar-refractivity contribution is 5.92. The van der Waals surface area contributed by atoms with Crippen LogP contribution in [0.5, 0.6) is 0 Å². The van der Waals surface area contributed by atoms with Crippen LogP contribution in [-0.2, 0) is 6.54 Å². The zero-order valence-corrected chi connectivity index (χ0v) is 8.84. The number of carbonyl (C=O) groups excluding carboxylic acids is 1. The van der Waals surface area contributed by atoms with Crippen molar-refractivity contribution in [3.05, 3.63) is 35.8 Å². The quantitative estimate of drug-likeness (QED) is 0.414. The predicted molar refractivity (Wildman–Crippen MR) is 59.6 cm³/mol. The van der Waals surface area contributed by atoms with E-state index in [1.165, 1.54) is 6.07 Å². The van der Waals surface area contributed by atoms with E-state index in [4.69, 9.17) is 5.84 Å². The van der Waals surface area contributed by atoms with Crippen molar-refractivity contribution in [2.24, 2.45) is 5.84 Å². The Morgan fingerprint density at radius 2 is 2.29 bits per heavy atom. The Morgan fingerprint density at radius 1 is 1.41 bits per heavy atom. The van der Waals surface area contributed by atoms with E-state index in [1.54, 1.807) is 18.5 Å². The molecule has 2 aromatic rings. The first-order valence-corrected chi connectivity index (χ1v) is 4.86. The van der Waals surface area contributed by atoms with E-state index in [2.05, 4.69) is 31.1 Å². The molecule has 0 saturated heterocycles. The van der Waals surface area contributed by atoms with Crippen molar-refractivity contribution >= 4 is 11.7 Å². The molecule has 0 spiro atoms. The van der Waals surface area contributed by atoms with Crippen LogP contribution in [0, 0.1) is 0 Å². The summed E-state index contributed by atoms with van der Waals surface area (Å²) >= 11 is 0. The number of nitrogens with one attached hydrogen (secondary N) is 3. The zero-order chi connectivity index (χ0) is 12.1. The molecule has 0 bridgehead atoms. The van der Waals surface area contributed by atoms with Gasteiger partial charge in [-0.15, -0.1) is 10.2 Å². The minimum Gasteiger partial charge on any atom is -0.346 e. The smallest absolute Gasteiger partial charge is 0.272 e. The summed E-state index contributed by atoms with van der Waals surface area (Å²) in [6.07, 6.45) is 3.33. The van der Waals surface area contributed by atoms with E-state index < -0.39 is 0 Å². The lowest BCUT2D eigenvalue weighted by atomic mass is 10.3. The normalized spacial score (nSPS) is 9.94. The lowest BCUT2D eigenvalue weighted by Gasteiger charge is -2.02. The number of nitrogens with two attached hydrogens (primary N) is 1. The number of hydrazine groups is 1. The number of rotatable bonds is 4. The van der Waals surface area contributed by atoms with Crippen molar-refractivity contribution in [3.63, 3.8) is 0 Å². The predicted octanol–water partition coefficient (Wildman–Crippen LogP) is -0.585. The molecule has 0 atom stereocenters. The first kappa shape index (κ1) is 11.0. The summed E-state index contributed by atoms with van der Waals surface area (Å²) < 4.78 is 0. The number of anilines is 1. The molecule has 2 rings (SSSR count). The fraction of sp³-hybridized carbons (Fsp3) is 0.111. The summed E-state index contributed by atoms with van der Waals surface area (Å²) in [5.41, 5.74) is 3.44. The molecule has 2 heterocycles. The Morgan fingerprint density at radius 3 is 2.88 bits per heavy atom. The van der Waals surface area contributed by atoms with Gasteiger partial charge >= 0.3 is 0 Å². The molecule has 0 fully saturated rings. The molecule has 88 valence electrons. The molecule has 0 saturated carbocycles. The zero-order valence-electron chi connectivity index (χ0n) is 8.84. The van der Waals surface area contributed by atoms with Crippen LogP contribution < -0.4 is 16.6 Å². The summed E-state index contributed by atoms with van der Waals surface area (Å²) in [5.74, 6) is 5.23. The number of hydrogen-bond acceptors (Lipinski definition) is 6. The minimum absolute atomic E-state index is 0.229. The molecule has 0 unspecified atom stereocenters. The molecule has 0 aliphatic rings. The van der Waals surface area contributed by atoms with Crippen molar-refractivity contribution in [2.45, 2.75) is 6.54 Å². The summed E-state index contributed by atoms with van der Waals surface area (Å²) in [7, 11) is 0. The average Bonchev–Trinajstić information content (AvgIpc) is 2.89. The molecule has 1 amide bonds. The van der Waals surface area contributed by atoms with Gasteiger partial charge in [0.1, 0.15) is 0 Å². The number of H-pyrrole nitrogens is 1. The van der Waals surface area contributed by atoms with Crippen LogP contribution >= 0.6 is 0 Å². The van der Waals surface area contributed by atoms with Crippen LogP contribution in [0.1, 0.15) is 16.1 Å². The van der Waals surface area contributed by atoms with E-state index in [9.17, 15) is 4.79 Å². The molecular formula is C9H11N7O. The highest BCUT2D eigenvalue weighted by Crippen LogP contribution is 2.00. The van der Waals surface area contributed by atoms with Crippen molar-refractivity contribution < 1.29 is 4.79 Å². The number of nitrogen functional groups attached to an aromatic ring is 1. The molecule has 0 radical (unpaired) electrons. The van der Waals surface area contributed by atoms with Crippen LogP contribution in [-0.4, -0.2) is 26.3 Å². The maximum atomic E-state index is 11.6. The highest BCUT2D eigenvalue weighted by atomic mass is 16.1. The first-order valence-electron chi connectivity index (χ1n) is 4.86. The van der Waals surface area contributed by atoms with E-state index in [-0.39, 0.29) is 11.6 Å². The summed E-state index contributed by atoms with van der Waals surface area (Å²) in [6.45, 7) is 0.383. The largest absolute Gasteiger partial charge is 0.346 e. The number of carbonyl (C=O) groups is 1. The monoisotopic (exact) mass is 233 g/mol. The van der Waals surface area contributed by atoms with Crippen LogP contribution in [0.2, 0.25) is 0 Å². The lowest BCUT2D eigenvalue weighted by Crippen LogP contribution is -2.24. The number of aromatic amines is 1. The van der Waals surface area contributed by atoms with Gasteiger partial charge in [-0.05, 0) is 12.1 Å². The molecule has 0 aromatic carbocycles. The van der Waals surface area contributed by atoms with Gasteiger partial charge in [0.05, 0.1) is 6.20 Å². The number of hydrogen-bond donors (Lipinski definition) is 4. The average molecular weight is 233 g/mol. The fourth-order valence-corrected chi connectivity index (χ4v) is 1.18. The molecule has 8 nitrogen and oxygen atoms in total. The molecule has 17 heavy (non-hydrogen) atoms. The standard InChI is InChI=1S/C9H11N7O/c10-14-8-2-1-7(15-16-8)9(17)11-3-6-4-12-13-5-6/h1-2,4-5H,3,10H2,(H,11,17)(H,12,13)(H,14,16). The van der Waals surface area contributed by atoms with E-state index in [0.29, 0.717) is 12.4 Å². The fourth-order valence-electron chi connectivity index (χ4n) is 1.18. The SMILES string of the molecule is NNc1ccc(C(=O)NCc2cn[nH]c2)nn1. The molecule has 8 heteroatoms. The van der Waals surface area contributed by atoms with Crippen LogP contribution in [0.4, 0.5) is 5.82 Å². The topological polar surface area (TPSA) is 122 Å². The summed E-state index contributed by atoms with van der Waals surface area (Å²) in [5, 5.41) is 16.5. The second-order valence-electron chi connectivity index (χ2n) is 3.24. The third kappa shape index (κ3) is 2.75. The van der Waals surface area contributed by atoms with Gasteiger partial charge in [0.25, 0.3) is 5.91 Å². The van der Waals surface area contributed by atoms with Gasteiger partial charge in [-0.2, -0.15) is 5.10 Å². The van der Waals surface area contributed by atoms with Gasteiger partial charge in [-0.1, -0.05) is 0 Å². The Kier molecular flexibility index (Phi) is 3.26. The van der Waals surface area contributed by atoms with Crippen molar-refractivity contribution in [1.29, 1.82) is 0 Å². The van der Waals surface area contributed by atoms with E-state index >= 15 is 0 Å². The molecule has 0 aliphatic heterocycles. The summed E-state index contributed by atoms with van der Waals surface area (Å²) in [6, 6.07) is 3.10. The Balaban J connectivity index is 1.95. The van der Waals surface area contributed by atoms with Gasteiger partial charge in [0, 0.05) is 18.3 Å². The molecule has 0 aliphatic carbocycles. The van der Waals surface area contributed by atoms with Gasteiger partial charge in [-0.3, -0.25) is 9.89 Å². The molecule has 2 aromatic heterocycles. The third-order valence-electron chi connectivity index (χ3n) is 2.05. The maximum absolute atomic E-state index is 11.6. The van der Waals surface area contributed by atoms with Crippen molar-refractivity contribution in [3.8, 4) is 0 Å². The number of aromatic nitrogens is 4. The number of nitrogens with zero attached hydrogens (tertiary/aromatic N) is 3. The summed E-state index contributed by atoms with van der Waals surface area (Å²) in [4.78, 5) is 11.6. The first-order chi connectivity index (χ1) is 8.29. The third-order valence-corrected chi connectivity index (χ3v) is 2.05. The van der Waals surface area contributed by atoms with E-state index in [1.807, 2.05) is 0 Å². The van der Waals surface area contributed by atoms with Crippen LogP contribution in [0.25, 0.3) is 0 Å². The van der Waals surface area contributed by atoms with Gasteiger partial charge in [0.15, 0.2) is 11.5 Å². The van der Waals surface area contributed by atoms with Crippen LogP contribution in [0.3, 0.4) is 0 Å². The van der Waals surface area contributed by atoms with Crippen molar-refractivity contribution in [2.75, 3.05) is 5.43 Å². The highest BCUT2D eigenvalue weighted by Gasteiger charge is 2.07. The van der Waals surface area contributed by atoms with E-state index in [0.717, 1.165) is 5.56 Å². The van der Waals surface area contributed by atoms with Crippen LogP contribution in [0.15, 0.2) is 24.5 Å². The number of amides is 1. The van der Waals surface area contributed by atoms with Gasteiger partial charge in [0.2, 0.25) is 0 Å².